The van der Waals surface area contributed by atoms with Crippen molar-refractivity contribution in [1.29, 1.82) is 0 Å². The van der Waals surface area contributed by atoms with Crippen LogP contribution in [0.1, 0.15) is 26.2 Å². The monoisotopic (exact) mass is 217 g/mol. The molecule has 0 bridgehead atoms. The van der Waals surface area contributed by atoms with Crippen molar-refractivity contribution in [3.63, 3.8) is 0 Å². The van der Waals surface area contributed by atoms with Crippen LogP contribution in [-0.2, 0) is 4.74 Å². The number of halogens is 1. The molecule has 0 aromatic rings. The Kier molecular flexibility index (Phi) is 3.69. The maximum atomic E-state index is 6.15. The summed E-state index contributed by atoms with van der Waals surface area (Å²) in [5.41, 5.74) is 0. The van der Waals surface area contributed by atoms with Gasteiger partial charge in [-0.05, 0) is 32.1 Å². The summed E-state index contributed by atoms with van der Waals surface area (Å²) >= 11 is 6.15. The van der Waals surface area contributed by atoms with Gasteiger partial charge in [0.1, 0.15) is 0 Å². The molecule has 0 aliphatic carbocycles. The van der Waals surface area contributed by atoms with Gasteiger partial charge >= 0.3 is 0 Å². The van der Waals surface area contributed by atoms with E-state index >= 15 is 0 Å². The van der Waals surface area contributed by atoms with Crippen molar-refractivity contribution in [2.75, 3.05) is 26.3 Å². The summed E-state index contributed by atoms with van der Waals surface area (Å²) in [6.07, 6.45) is 3.62. The Bertz CT molecular complexity index is 182. The number of ether oxygens (including phenoxy) is 1. The number of nitrogens with zero attached hydrogens (tertiary/aromatic N) is 1. The summed E-state index contributed by atoms with van der Waals surface area (Å²) in [6.45, 7) is 6.52. The molecule has 2 saturated heterocycles. The van der Waals surface area contributed by atoms with E-state index in [1.807, 2.05) is 0 Å². The Labute approximate surface area is 91.6 Å². The fourth-order valence-corrected chi connectivity index (χ4v) is 2.98. The second-order valence-corrected chi connectivity index (χ2v) is 5.31. The Hall–Kier alpha value is 0.210. The van der Waals surface area contributed by atoms with Crippen molar-refractivity contribution in [2.45, 2.75) is 37.6 Å². The summed E-state index contributed by atoms with van der Waals surface area (Å²) in [5.74, 6) is 0.841. The molecule has 2 atom stereocenters. The molecule has 0 N–H and O–H groups in total. The third-order valence-corrected chi connectivity index (χ3v) is 3.80. The zero-order valence-electron chi connectivity index (χ0n) is 8.92. The molecule has 0 aromatic carbocycles. The summed E-state index contributed by atoms with van der Waals surface area (Å²) in [4.78, 5) is 2.55. The molecule has 2 unspecified atom stereocenters. The topological polar surface area (TPSA) is 12.5 Å². The third-order valence-electron chi connectivity index (χ3n) is 3.49. The molecule has 0 radical (unpaired) electrons. The normalized spacial score (nSPS) is 36.4. The summed E-state index contributed by atoms with van der Waals surface area (Å²) in [7, 11) is 0. The molecule has 3 heteroatoms. The molecule has 0 amide bonds. The quantitative estimate of drug-likeness (QED) is 0.657. The largest absolute Gasteiger partial charge is 0.381 e. The van der Waals surface area contributed by atoms with Crippen LogP contribution in [0.2, 0.25) is 0 Å². The average Bonchev–Trinajstić information content (AvgIpc) is 2.47. The van der Waals surface area contributed by atoms with E-state index < -0.39 is 0 Å². The Morgan fingerprint density at radius 2 is 2.07 bits per heavy atom. The highest BCUT2D eigenvalue weighted by Gasteiger charge is 2.29. The lowest BCUT2D eigenvalue weighted by atomic mass is 9.99. The second-order valence-electron chi connectivity index (χ2n) is 4.69. The van der Waals surface area contributed by atoms with Crippen LogP contribution in [0.15, 0.2) is 0 Å². The molecular weight excluding hydrogens is 198 g/mol. The zero-order chi connectivity index (χ0) is 9.97. The minimum absolute atomic E-state index is 0.379. The van der Waals surface area contributed by atoms with E-state index in [0.29, 0.717) is 11.4 Å². The first-order valence-electron chi connectivity index (χ1n) is 5.71. The maximum Gasteiger partial charge on any atom is 0.0478 e. The molecule has 2 fully saturated rings. The van der Waals surface area contributed by atoms with Gasteiger partial charge in [0.05, 0.1) is 0 Å². The van der Waals surface area contributed by atoms with Gasteiger partial charge in [0.15, 0.2) is 0 Å². The molecule has 2 aliphatic heterocycles. The van der Waals surface area contributed by atoms with E-state index in [-0.39, 0.29) is 0 Å². The van der Waals surface area contributed by atoms with E-state index in [0.717, 1.165) is 32.1 Å². The number of hydrogen-bond acceptors (Lipinski definition) is 2. The first kappa shape index (κ1) is 10.7. The molecule has 0 saturated carbocycles. The van der Waals surface area contributed by atoms with Crippen LogP contribution in [-0.4, -0.2) is 42.6 Å². The molecule has 14 heavy (non-hydrogen) atoms. The summed E-state index contributed by atoms with van der Waals surface area (Å²) in [5, 5.41) is 0.379. The van der Waals surface area contributed by atoms with Gasteiger partial charge in [0.25, 0.3) is 0 Å². The molecule has 0 spiro atoms. The SMILES string of the molecule is CC1CC(Cl)CN1CC1CCOCC1. The predicted molar refractivity (Wildman–Crippen MR) is 58.8 cm³/mol. The molecule has 82 valence electrons. The smallest absolute Gasteiger partial charge is 0.0478 e. The summed E-state index contributed by atoms with van der Waals surface area (Å²) < 4.78 is 5.37. The van der Waals surface area contributed by atoms with Crippen LogP contribution in [0.5, 0.6) is 0 Å². The van der Waals surface area contributed by atoms with E-state index in [4.69, 9.17) is 16.3 Å². The molecule has 2 nitrogen and oxygen atoms in total. The lowest BCUT2D eigenvalue weighted by Crippen LogP contribution is -2.34. The number of alkyl halides is 1. The fourth-order valence-electron chi connectivity index (χ4n) is 2.54. The van der Waals surface area contributed by atoms with E-state index in [9.17, 15) is 0 Å². The van der Waals surface area contributed by atoms with Crippen LogP contribution in [0.3, 0.4) is 0 Å². The van der Waals surface area contributed by atoms with Crippen molar-refractivity contribution in [2.24, 2.45) is 5.92 Å². The van der Waals surface area contributed by atoms with Gasteiger partial charge in [-0.2, -0.15) is 0 Å². The van der Waals surface area contributed by atoms with E-state index in [1.165, 1.54) is 19.4 Å². The standard InChI is InChI=1S/C11H20ClNO/c1-9-6-11(12)8-13(9)7-10-2-4-14-5-3-10/h9-11H,2-8H2,1H3. The first-order chi connectivity index (χ1) is 6.75. The number of likely N-dealkylation sites (tertiary alicyclic amines) is 1. The van der Waals surface area contributed by atoms with Gasteiger partial charge in [-0.15, -0.1) is 11.6 Å². The Balaban J connectivity index is 1.78. The van der Waals surface area contributed by atoms with Crippen molar-refractivity contribution < 1.29 is 4.74 Å². The second kappa shape index (κ2) is 4.82. The first-order valence-corrected chi connectivity index (χ1v) is 6.15. The molecule has 2 heterocycles. The fraction of sp³-hybridized carbons (Fsp3) is 1.00. The highest BCUT2D eigenvalue weighted by molar-refractivity contribution is 6.21. The van der Waals surface area contributed by atoms with Gasteiger partial charge in [0.2, 0.25) is 0 Å². The highest BCUT2D eigenvalue weighted by Crippen LogP contribution is 2.25. The molecule has 2 rings (SSSR count). The van der Waals surface area contributed by atoms with Crippen molar-refractivity contribution in [3.05, 3.63) is 0 Å². The molecule has 2 aliphatic rings. The lowest BCUT2D eigenvalue weighted by molar-refractivity contribution is 0.0517. The highest BCUT2D eigenvalue weighted by atomic mass is 35.5. The lowest BCUT2D eigenvalue weighted by Gasteiger charge is -2.29. The van der Waals surface area contributed by atoms with Gasteiger partial charge in [0, 0.05) is 37.7 Å². The summed E-state index contributed by atoms with van der Waals surface area (Å²) in [6, 6.07) is 0.681. The van der Waals surface area contributed by atoms with Gasteiger partial charge in [-0.1, -0.05) is 0 Å². The van der Waals surface area contributed by atoms with Crippen LogP contribution in [0, 0.1) is 5.92 Å². The van der Waals surface area contributed by atoms with Crippen LogP contribution in [0.4, 0.5) is 0 Å². The van der Waals surface area contributed by atoms with Crippen molar-refractivity contribution >= 4 is 11.6 Å². The van der Waals surface area contributed by atoms with Crippen molar-refractivity contribution in [3.8, 4) is 0 Å². The minimum Gasteiger partial charge on any atom is -0.381 e. The van der Waals surface area contributed by atoms with E-state index in [1.54, 1.807) is 0 Å². The van der Waals surface area contributed by atoms with E-state index in [2.05, 4.69) is 11.8 Å². The average molecular weight is 218 g/mol. The molecule has 0 aromatic heterocycles. The molecular formula is C11H20ClNO. The zero-order valence-corrected chi connectivity index (χ0v) is 9.67. The maximum absolute atomic E-state index is 6.15. The third kappa shape index (κ3) is 2.62. The predicted octanol–water partition coefficient (Wildman–Crippen LogP) is 2.11. The Morgan fingerprint density at radius 3 is 2.64 bits per heavy atom. The van der Waals surface area contributed by atoms with Gasteiger partial charge < -0.3 is 4.74 Å². The van der Waals surface area contributed by atoms with Gasteiger partial charge in [-0.25, -0.2) is 0 Å². The van der Waals surface area contributed by atoms with Gasteiger partial charge in [-0.3, -0.25) is 4.90 Å². The number of rotatable bonds is 2. The minimum atomic E-state index is 0.379. The van der Waals surface area contributed by atoms with Crippen molar-refractivity contribution in [1.82, 2.24) is 4.90 Å². The van der Waals surface area contributed by atoms with Crippen LogP contribution < -0.4 is 0 Å². The van der Waals surface area contributed by atoms with Crippen LogP contribution in [0.25, 0.3) is 0 Å². The van der Waals surface area contributed by atoms with Crippen LogP contribution >= 0.6 is 11.6 Å². The Morgan fingerprint density at radius 1 is 1.36 bits per heavy atom. The number of hydrogen-bond donors (Lipinski definition) is 0.